The van der Waals surface area contributed by atoms with Gasteiger partial charge in [0.05, 0.1) is 17.7 Å². The monoisotopic (exact) mass is 281 g/mol. The number of aromatic nitrogens is 2. The Morgan fingerprint density at radius 3 is 3.05 bits per heavy atom. The van der Waals surface area contributed by atoms with Gasteiger partial charge in [0.15, 0.2) is 5.82 Å². The molecular weight excluding hydrogens is 270 g/mol. The van der Waals surface area contributed by atoms with Gasteiger partial charge in [0, 0.05) is 13.1 Å². The molecule has 1 fully saturated rings. The Balaban J connectivity index is 1.72. The number of likely N-dealkylation sites (tertiary alicyclic amines) is 1. The summed E-state index contributed by atoms with van der Waals surface area (Å²) in [7, 11) is 0. The summed E-state index contributed by atoms with van der Waals surface area (Å²) in [5.74, 6) is 1.16. The summed E-state index contributed by atoms with van der Waals surface area (Å²) in [5.41, 5.74) is 0.393. The third kappa shape index (κ3) is 2.23. The number of furan rings is 1. The third-order valence-electron chi connectivity index (χ3n) is 3.22. The molecule has 0 bridgehead atoms. The van der Waals surface area contributed by atoms with Crippen LogP contribution >= 0.6 is 11.6 Å². The van der Waals surface area contributed by atoms with E-state index in [4.69, 9.17) is 20.5 Å². The molecule has 6 nitrogen and oxygen atoms in total. The fraction of sp³-hybridized carbons (Fsp3) is 0.417. The molecule has 3 heterocycles. The van der Waals surface area contributed by atoms with E-state index < -0.39 is 0 Å². The molecule has 2 aromatic rings. The van der Waals surface area contributed by atoms with Gasteiger partial charge < -0.3 is 13.8 Å². The normalized spacial score (nSPS) is 19.1. The number of carbonyl (C=O) groups excluding carboxylic acids is 1. The van der Waals surface area contributed by atoms with E-state index in [2.05, 4.69) is 10.1 Å². The molecule has 1 atom stereocenters. The SMILES string of the molecule is Cc1noc([C@@H]2CCN(C(=O)c3ccoc3Cl)C2)n1. The van der Waals surface area contributed by atoms with Gasteiger partial charge in [-0.2, -0.15) is 4.98 Å². The van der Waals surface area contributed by atoms with Crippen molar-refractivity contribution in [3.8, 4) is 0 Å². The molecule has 19 heavy (non-hydrogen) atoms. The highest BCUT2D eigenvalue weighted by molar-refractivity contribution is 6.32. The van der Waals surface area contributed by atoms with E-state index in [0.717, 1.165) is 6.42 Å². The molecule has 3 rings (SSSR count). The summed E-state index contributed by atoms with van der Waals surface area (Å²) < 4.78 is 10.1. The number of aryl methyl sites for hydroxylation is 1. The van der Waals surface area contributed by atoms with Gasteiger partial charge in [0.1, 0.15) is 0 Å². The second kappa shape index (κ2) is 4.70. The fourth-order valence-electron chi connectivity index (χ4n) is 2.24. The molecule has 7 heteroatoms. The lowest BCUT2D eigenvalue weighted by Gasteiger charge is -2.14. The van der Waals surface area contributed by atoms with E-state index in [9.17, 15) is 4.79 Å². The zero-order valence-corrected chi connectivity index (χ0v) is 11.1. The van der Waals surface area contributed by atoms with Gasteiger partial charge in [-0.25, -0.2) is 0 Å². The highest BCUT2D eigenvalue weighted by atomic mass is 35.5. The van der Waals surface area contributed by atoms with Crippen LogP contribution in [0, 0.1) is 6.92 Å². The van der Waals surface area contributed by atoms with Crippen molar-refractivity contribution < 1.29 is 13.7 Å². The zero-order chi connectivity index (χ0) is 13.4. The van der Waals surface area contributed by atoms with Crippen molar-refractivity contribution in [3.63, 3.8) is 0 Å². The summed E-state index contributed by atoms with van der Waals surface area (Å²) in [6.45, 7) is 2.98. The van der Waals surface area contributed by atoms with Crippen LogP contribution in [0.3, 0.4) is 0 Å². The number of nitrogens with zero attached hydrogens (tertiary/aromatic N) is 3. The van der Waals surface area contributed by atoms with Gasteiger partial charge in [0.25, 0.3) is 5.91 Å². The minimum Gasteiger partial charge on any atom is -0.452 e. The average Bonchev–Trinajstić information content (AvgIpc) is 3.07. The van der Waals surface area contributed by atoms with Crippen LogP contribution in [-0.2, 0) is 0 Å². The van der Waals surface area contributed by atoms with Crippen molar-refractivity contribution in [1.82, 2.24) is 15.0 Å². The molecule has 0 aromatic carbocycles. The van der Waals surface area contributed by atoms with Gasteiger partial charge in [-0.3, -0.25) is 4.79 Å². The second-order valence-electron chi connectivity index (χ2n) is 4.52. The molecule has 1 amide bonds. The lowest BCUT2D eigenvalue weighted by molar-refractivity contribution is 0.0789. The third-order valence-corrected chi connectivity index (χ3v) is 3.51. The standard InChI is InChI=1S/C12H12ClN3O3/c1-7-14-11(19-15-7)8-2-4-16(6-8)12(17)9-3-5-18-10(9)13/h3,5,8H,2,4,6H2,1H3/t8-/m1/s1. The Morgan fingerprint density at radius 2 is 2.42 bits per heavy atom. The van der Waals surface area contributed by atoms with Crippen LogP contribution in [0.1, 0.15) is 34.4 Å². The van der Waals surface area contributed by atoms with Crippen molar-refractivity contribution >= 4 is 17.5 Å². The Kier molecular flexibility index (Phi) is 3.02. The first-order valence-corrected chi connectivity index (χ1v) is 6.35. The molecule has 100 valence electrons. The van der Waals surface area contributed by atoms with E-state index in [1.807, 2.05) is 0 Å². The van der Waals surface area contributed by atoms with Crippen LogP contribution in [0.2, 0.25) is 5.22 Å². The van der Waals surface area contributed by atoms with Gasteiger partial charge in [-0.15, -0.1) is 0 Å². The first kappa shape index (κ1) is 12.2. The number of hydrogen-bond donors (Lipinski definition) is 0. The van der Waals surface area contributed by atoms with Gasteiger partial charge in [-0.1, -0.05) is 5.16 Å². The highest BCUT2D eigenvalue weighted by Crippen LogP contribution is 2.28. The summed E-state index contributed by atoms with van der Waals surface area (Å²) in [6.07, 6.45) is 2.22. The Morgan fingerprint density at radius 1 is 1.58 bits per heavy atom. The summed E-state index contributed by atoms with van der Waals surface area (Å²) in [4.78, 5) is 18.2. The van der Waals surface area contributed by atoms with Crippen LogP contribution in [0.5, 0.6) is 0 Å². The summed E-state index contributed by atoms with van der Waals surface area (Å²) in [6, 6.07) is 1.58. The first-order valence-electron chi connectivity index (χ1n) is 5.97. The molecule has 1 aliphatic heterocycles. The predicted octanol–water partition coefficient (Wildman–Crippen LogP) is 2.25. The Hall–Kier alpha value is -1.82. The highest BCUT2D eigenvalue weighted by Gasteiger charge is 2.32. The van der Waals surface area contributed by atoms with Crippen LogP contribution < -0.4 is 0 Å². The number of amides is 1. The van der Waals surface area contributed by atoms with Crippen molar-refractivity contribution in [1.29, 1.82) is 0 Å². The van der Waals surface area contributed by atoms with Crippen LogP contribution in [-0.4, -0.2) is 34.0 Å². The predicted molar refractivity (Wildman–Crippen MR) is 66.0 cm³/mol. The minimum atomic E-state index is -0.127. The molecule has 1 aliphatic rings. The first-order chi connectivity index (χ1) is 9.15. The average molecular weight is 282 g/mol. The van der Waals surface area contributed by atoms with E-state index in [-0.39, 0.29) is 17.0 Å². The molecule has 0 N–H and O–H groups in total. The Labute approximate surface area is 114 Å². The van der Waals surface area contributed by atoms with Gasteiger partial charge in [0.2, 0.25) is 11.1 Å². The maximum atomic E-state index is 12.2. The fourth-order valence-corrected chi connectivity index (χ4v) is 2.44. The quantitative estimate of drug-likeness (QED) is 0.844. The molecule has 0 radical (unpaired) electrons. The van der Waals surface area contributed by atoms with Crippen molar-refractivity contribution in [3.05, 3.63) is 34.8 Å². The molecular formula is C12H12ClN3O3. The van der Waals surface area contributed by atoms with E-state index in [1.54, 1.807) is 17.9 Å². The number of carbonyl (C=O) groups is 1. The number of halogens is 1. The van der Waals surface area contributed by atoms with E-state index in [0.29, 0.717) is 30.4 Å². The Bertz CT molecular complexity index is 607. The molecule has 0 aliphatic carbocycles. The molecule has 0 unspecified atom stereocenters. The lowest BCUT2D eigenvalue weighted by atomic mass is 10.1. The largest absolute Gasteiger partial charge is 0.452 e. The minimum absolute atomic E-state index is 0.0934. The van der Waals surface area contributed by atoms with Crippen LogP contribution in [0.25, 0.3) is 0 Å². The van der Waals surface area contributed by atoms with E-state index >= 15 is 0 Å². The van der Waals surface area contributed by atoms with Crippen LogP contribution in [0.4, 0.5) is 0 Å². The van der Waals surface area contributed by atoms with Crippen molar-refractivity contribution in [2.24, 2.45) is 0 Å². The number of hydrogen-bond acceptors (Lipinski definition) is 5. The van der Waals surface area contributed by atoms with Gasteiger partial charge in [-0.05, 0) is 31.0 Å². The van der Waals surface area contributed by atoms with Crippen molar-refractivity contribution in [2.45, 2.75) is 19.3 Å². The topological polar surface area (TPSA) is 72.4 Å². The number of rotatable bonds is 2. The van der Waals surface area contributed by atoms with E-state index in [1.165, 1.54) is 6.26 Å². The van der Waals surface area contributed by atoms with Crippen molar-refractivity contribution in [2.75, 3.05) is 13.1 Å². The van der Waals surface area contributed by atoms with Gasteiger partial charge >= 0.3 is 0 Å². The zero-order valence-electron chi connectivity index (χ0n) is 10.3. The summed E-state index contributed by atoms with van der Waals surface area (Å²) in [5, 5.41) is 3.90. The van der Waals surface area contributed by atoms with Crippen LogP contribution in [0.15, 0.2) is 21.3 Å². The molecule has 1 saturated heterocycles. The second-order valence-corrected chi connectivity index (χ2v) is 4.87. The summed E-state index contributed by atoms with van der Waals surface area (Å²) >= 11 is 5.81. The lowest BCUT2D eigenvalue weighted by Crippen LogP contribution is -2.28. The molecule has 2 aromatic heterocycles. The maximum Gasteiger partial charge on any atom is 0.258 e. The molecule has 0 spiro atoms. The molecule has 0 saturated carbocycles. The maximum absolute atomic E-state index is 12.2. The smallest absolute Gasteiger partial charge is 0.258 e.